The van der Waals surface area contributed by atoms with Crippen molar-refractivity contribution in [1.29, 1.82) is 0 Å². The van der Waals surface area contributed by atoms with Crippen LogP contribution in [0.1, 0.15) is 12.8 Å². The fraction of sp³-hybridized carbons (Fsp3) is 0.333. The SMILES string of the molecule is Nc1ccc(SN2CCC(Oc3cnccn3)CC2)cc1. The molecule has 0 bridgehead atoms. The maximum Gasteiger partial charge on any atom is 0.232 e. The van der Waals surface area contributed by atoms with Crippen molar-refractivity contribution in [3.8, 4) is 5.88 Å². The van der Waals surface area contributed by atoms with E-state index in [1.54, 1.807) is 30.5 Å². The molecular formula is C15H18N4OS. The first kappa shape index (κ1) is 14.2. The number of nitrogens with two attached hydrogens (primary N) is 1. The summed E-state index contributed by atoms with van der Waals surface area (Å²) in [5.74, 6) is 0.613. The molecule has 21 heavy (non-hydrogen) atoms. The minimum absolute atomic E-state index is 0.227. The quantitative estimate of drug-likeness (QED) is 0.692. The van der Waals surface area contributed by atoms with Crippen molar-refractivity contribution in [2.45, 2.75) is 23.8 Å². The number of hydrogen-bond donors (Lipinski definition) is 1. The van der Waals surface area contributed by atoms with E-state index >= 15 is 0 Å². The minimum Gasteiger partial charge on any atom is -0.473 e. The van der Waals surface area contributed by atoms with Crippen molar-refractivity contribution in [3.63, 3.8) is 0 Å². The predicted molar refractivity (Wildman–Crippen MR) is 84.0 cm³/mol. The number of anilines is 1. The Balaban J connectivity index is 1.47. The second-order valence-corrected chi connectivity index (χ2v) is 6.12. The molecule has 0 aliphatic carbocycles. The molecule has 110 valence electrons. The predicted octanol–water partition coefficient (Wildman–Crippen LogP) is 2.61. The Kier molecular flexibility index (Phi) is 4.57. The average molecular weight is 302 g/mol. The average Bonchev–Trinajstić information content (AvgIpc) is 2.53. The zero-order chi connectivity index (χ0) is 14.5. The standard InChI is InChI=1S/C15H18N4OS/c16-12-1-3-14(4-2-12)21-19-9-5-13(6-10-19)20-15-11-17-7-8-18-15/h1-4,7-8,11,13H,5-6,9-10,16H2. The summed E-state index contributed by atoms with van der Waals surface area (Å²) in [5.41, 5.74) is 6.50. The maximum absolute atomic E-state index is 5.84. The van der Waals surface area contributed by atoms with Crippen LogP contribution in [0.25, 0.3) is 0 Å². The third-order valence-corrected chi connectivity index (χ3v) is 4.45. The normalized spacial score (nSPS) is 16.8. The highest BCUT2D eigenvalue weighted by molar-refractivity contribution is 7.97. The van der Waals surface area contributed by atoms with Gasteiger partial charge in [-0.2, -0.15) is 0 Å². The molecule has 2 N–H and O–H groups in total. The van der Waals surface area contributed by atoms with Gasteiger partial charge in [-0.1, -0.05) is 0 Å². The second-order valence-electron chi connectivity index (χ2n) is 4.95. The molecule has 1 saturated heterocycles. The van der Waals surface area contributed by atoms with Crippen LogP contribution >= 0.6 is 11.9 Å². The van der Waals surface area contributed by atoms with E-state index in [1.165, 1.54) is 4.90 Å². The lowest BCUT2D eigenvalue weighted by molar-refractivity contribution is 0.133. The second kappa shape index (κ2) is 6.78. The molecule has 2 aromatic rings. The van der Waals surface area contributed by atoms with E-state index in [4.69, 9.17) is 10.5 Å². The molecule has 0 saturated carbocycles. The highest BCUT2D eigenvalue weighted by Crippen LogP contribution is 2.27. The van der Waals surface area contributed by atoms with Gasteiger partial charge < -0.3 is 10.5 Å². The van der Waals surface area contributed by atoms with Gasteiger partial charge in [0.05, 0.1) is 6.20 Å². The smallest absolute Gasteiger partial charge is 0.232 e. The fourth-order valence-corrected chi connectivity index (χ4v) is 3.19. The largest absolute Gasteiger partial charge is 0.473 e. The van der Waals surface area contributed by atoms with E-state index in [1.807, 2.05) is 12.1 Å². The van der Waals surface area contributed by atoms with Gasteiger partial charge >= 0.3 is 0 Å². The van der Waals surface area contributed by atoms with Gasteiger partial charge in [0.1, 0.15) is 6.10 Å². The number of ether oxygens (including phenoxy) is 1. The highest BCUT2D eigenvalue weighted by atomic mass is 32.2. The fourth-order valence-electron chi connectivity index (χ4n) is 2.24. The van der Waals surface area contributed by atoms with E-state index in [0.29, 0.717) is 5.88 Å². The van der Waals surface area contributed by atoms with Crippen LogP contribution < -0.4 is 10.5 Å². The summed E-state index contributed by atoms with van der Waals surface area (Å²) in [7, 11) is 0. The Labute approximate surface area is 128 Å². The first-order valence-electron chi connectivity index (χ1n) is 7.01. The summed E-state index contributed by atoms with van der Waals surface area (Å²) < 4.78 is 8.21. The Morgan fingerprint density at radius 2 is 1.90 bits per heavy atom. The van der Waals surface area contributed by atoms with Crippen molar-refractivity contribution in [2.24, 2.45) is 0 Å². The maximum atomic E-state index is 5.84. The lowest BCUT2D eigenvalue weighted by Crippen LogP contribution is -2.34. The van der Waals surface area contributed by atoms with Crippen LogP contribution in [0.15, 0.2) is 47.8 Å². The summed E-state index contributed by atoms with van der Waals surface area (Å²) >= 11 is 1.78. The van der Waals surface area contributed by atoms with Crippen LogP contribution in [-0.2, 0) is 0 Å². The third-order valence-electron chi connectivity index (χ3n) is 3.34. The van der Waals surface area contributed by atoms with Crippen LogP contribution in [0.2, 0.25) is 0 Å². The molecule has 3 rings (SSSR count). The van der Waals surface area contributed by atoms with Gasteiger partial charge in [0.15, 0.2) is 0 Å². The summed E-state index contributed by atoms with van der Waals surface area (Å²) in [4.78, 5) is 9.39. The molecule has 0 unspecified atom stereocenters. The Hall–Kier alpha value is -1.79. The number of nitrogens with zero attached hydrogens (tertiary/aromatic N) is 3. The lowest BCUT2D eigenvalue weighted by atomic mass is 10.1. The van der Waals surface area contributed by atoms with Crippen molar-refractivity contribution in [1.82, 2.24) is 14.3 Å². The summed E-state index contributed by atoms with van der Waals surface area (Å²) in [5, 5.41) is 0. The van der Waals surface area contributed by atoms with Crippen LogP contribution in [0.3, 0.4) is 0 Å². The molecule has 5 nitrogen and oxygen atoms in total. The number of nitrogen functional groups attached to an aromatic ring is 1. The number of hydrogen-bond acceptors (Lipinski definition) is 6. The van der Waals surface area contributed by atoms with Crippen LogP contribution in [-0.4, -0.2) is 33.5 Å². The lowest BCUT2D eigenvalue weighted by Gasteiger charge is -2.30. The molecule has 1 aliphatic rings. The molecule has 0 atom stereocenters. The Morgan fingerprint density at radius 1 is 1.14 bits per heavy atom. The number of benzene rings is 1. The monoisotopic (exact) mass is 302 g/mol. The van der Waals surface area contributed by atoms with E-state index in [-0.39, 0.29) is 6.10 Å². The van der Waals surface area contributed by atoms with E-state index in [9.17, 15) is 0 Å². The number of piperidine rings is 1. The molecule has 0 amide bonds. The molecule has 1 aliphatic heterocycles. The van der Waals surface area contributed by atoms with Gasteiger partial charge in [-0.3, -0.25) is 4.98 Å². The molecule has 1 aromatic carbocycles. The first-order chi connectivity index (χ1) is 10.3. The highest BCUT2D eigenvalue weighted by Gasteiger charge is 2.21. The molecule has 6 heteroatoms. The Bertz CT molecular complexity index is 556. The van der Waals surface area contributed by atoms with E-state index < -0.39 is 0 Å². The number of rotatable bonds is 4. The van der Waals surface area contributed by atoms with Crippen molar-refractivity contribution >= 4 is 17.6 Å². The van der Waals surface area contributed by atoms with Crippen molar-refractivity contribution in [2.75, 3.05) is 18.8 Å². The zero-order valence-electron chi connectivity index (χ0n) is 11.7. The van der Waals surface area contributed by atoms with Gasteiger partial charge in [-0.15, -0.1) is 0 Å². The van der Waals surface area contributed by atoms with E-state index in [2.05, 4.69) is 26.4 Å². The van der Waals surface area contributed by atoms with Crippen molar-refractivity contribution < 1.29 is 4.74 Å². The third kappa shape index (κ3) is 4.09. The molecular weight excluding hydrogens is 284 g/mol. The number of aromatic nitrogens is 2. The molecule has 1 fully saturated rings. The van der Waals surface area contributed by atoms with E-state index in [0.717, 1.165) is 31.6 Å². The first-order valence-corrected chi connectivity index (χ1v) is 7.78. The minimum atomic E-state index is 0.227. The van der Waals surface area contributed by atoms with Gasteiger partial charge in [-0.05, 0) is 49.1 Å². The zero-order valence-corrected chi connectivity index (χ0v) is 12.5. The molecule has 2 heterocycles. The Morgan fingerprint density at radius 3 is 2.57 bits per heavy atom. The van der Waals surface area contributed by atoms with Gasteiger partial charge in [0, 0.05) is 36.1 Å². The van der Waals surface area contributed by atoms with Gasteiger partial charge in [0.25, 0.3) is 0 Å². The van der Waals surface area contributed by atoms with Crippen LogP contribution in [0.5, 0.6) is 5.88 Å². The summed E-state index contributed by atoms with van der Waals surface area (Å²) in [6.07, 6.45) is 7.19. The molecule has 0 radical (unpaired) electrons. The van der Waals surface area contributed by atoms with Crippen LogP contribution in [0, 0.1) is 0 Å². The molecule has 0 spiro atoms. The van der Waals surface area contributed by atoms with Crippen molar-refractivity contribution in [3.05, 3.63) is 42.9 Å². The topological polar surface area (TPSA) is 64.3 Å². The van der Waals surface area contributed by atoms with Gasteiger partial charge in [0.2, 0.25) is 5.88 Å². The molecule has 1 aromatic heterocycles. The van der Waals surface area contributed by atoms with Gasteiger partial charge in [-0.25, -0.2) is 9.29 Å². The summed E-state index contributed by atoms with van der Waals surface area (Å²) in [6, 6.07) is 7.99. The van der Waals surface area contributed by atoms with Crippen LogP contribution in [0.4, 0.5) is 5.69 Å². The summed E-state index contributed by atoms with van der Waals surface area (Å²) in [6.45, 7) is 2.00.